The second-order valence-corrected chi connectivity index (χ2v) is 1.76. The molecule has 0 N–H and O–H groups in total. The van der Waals surface area contributed by atoms with Gasteiger partial charge in [0.1, 0.15) is 12.9 Å². The van der Waals surface area contributed by atoms with E-state index >= 15 is 0 Å². The Bertz CT molecular complexity index is 183. The van der Waals surface area contributed by atoms with E-state index in [1.54, 1.807) is 0 Å². The van der Waals surface area contributed by atoms with Crippen molar-refractivity contribution in [1.29, 1.82) is 0 Å². The molecule has 0 amide bonds. The predicted molar refractivity (Wildman–Crippen MR) is 30.6 cm³/mol. The van der Waals surface area contributed by atoms with Gasteiger partial charge in [-0.25, -0.2) is 4.39 Å². The first-order chi connectivity index (χ1) is 4.33. The molecular weight excluding hydrogens is 119 g/mol. The van der Waals surface area contributed by atoms with Crippen molar-refractivity contribution in [3.63, 3.8) is 0 Å². The third kappa shape index (κ3) is 1.52. The number of hydrogen-bond donors (Lipinski definition) is 0. The maximum absolute atomic E-state index is 11.6. The summed E-state index contributed by atoms with van der Waals surface area (Å²) in [4.78, 5) is 0. The Labute approximate surface area is 53.3 Å². The summed E-state index contributed by atoms with van der Waals surface area (Å²) in [5.41, 5.74) is 0.823. The highest BCUT2D eigenvalue weighted by molar-refractivity contribution is 4.95. The lowest BCUT2D eigenvalue weighted by Gasteiger charge is -1.90. The van der Waals surface area contributed by atoms with Crippen LogP contribution in [0.5, 0.6) is 0 Å². The molecule has 0 atom stereocenters. The number of halogens is 1. The topological polar surface area (TPSA) is 17.8 Å². The maximum Gasteiger partial charge on any atom is 0.116 e. The van der Waals surface area contributed by atoms with Crippen LogP contribution in [0.3, 0.4) is 0 Å². The van der Waals surface area contributed by atoms with Gasteiger partial charge in [-0.05, 0) is 6.92 Å². The Balaban J connectivity index is 2.61. The van der Waals surface area contributed by atoms with Crippen LogP contribution in [-0.4, -0.2) is 16.5 Å². The molecule has 1 rings (SSSR count). The first-order valence-corrected chi connectivity index (χ1v) is 2.73. The first kappa shape index (κ1) is 6.26. The molecule has 0 saturated carbocycles. The van der Waals surface area contributed by atoms with Crippen molar-refractivity contribution < 1.29 is 4.39 Å². The van der Waals surface area contributed by atoms with Crippen molar-refractivity contribution in [2.75, 3.05) is 6.67 Å². The monoisotopic (exact) mass is 126 g/mol. The zero-order valence-electron chi connectivity index (χ0n) is 5.19. The standard InChI is InChI=1S/C6H7FN2/c1-6-4-8-9(5-6)3-2-7/h2-3H2,1H3. The largest absolute Gasteiger partial charge is 0.260 e. The molecule has 0 spiro atoms. The molecular formula is C6H7FN2. The van der Waals surface area contributed by atoms with Crippen LogP contribution in [0.2, 0.25) is 0 Å². The fraction of sp³-hybridized carbons (Fsp3) is 0.500. The van der Waals surface area contributed by atoms with Gasteiger partial charge in [-0.15, -0.1) is 0 Å². The zero-order valence-corrected chi connectivity index (χ0v) is 5.19. The summed E-state index contributed by atoms with van der Waals surface area (Å²) in [6.45, 7) is 1.71. The Hall–Kier alpha value is -0.860. The second-order valence-electron chi connectivity index (χ2n) is 1.76. The molecule has 0 aliphatic heterocycles. The molecule has 0 unspecified atom stereocenters. The lowest BCUT2D eigenvalue weighted by atomic mass is 10.4. The van der Waals surface area contributed by atoms with E-state index < -0.39 is 6.67 Å². The van der Waals surface area contributed by atoms with E-state index in [0.717, 1.165) is 5.56 Å². The van der Waals surface area contributed by atoms with Crippen LogP contribution in [0, 0.1) is 19.3 Å². The van der Waals surface area contributed by atoms with E-state index in [2.05, 4.69) is 17.5 Å². The van der Waals surface area contributed by atoms with E-state index in [0.29, 0.717) is 0 Å². The number of aromatic nitrogens is 2. The molecule has 3 heteroatoms. The predicted octanol–water partition coefficient (Wildman–Crippen LogP) is 0.761. The number of aryl methyl sites for hydroxylation is 2. The van der Waals surface area contributed by atoms with E-state index in [9.17, 15) is 4.39 Å². The van der Waals surface area contributed by atoms with Crippen molar-refractivity contribution in [3.05, 3.63) is 18.0 Å². The minimum atomic E-state index is -0.397. The van der Waals surface area contributed by atoms with Gasteiger partial charge in [0.25, 0.3) is 0 Å². The molecule has 48 valence electrons. The number of rotatable bonds is 2. The molecule has 2 nitrogen and oxygen atoms in total. The number of alkyl halides is 1. The molecule has 1 aromatic rings. The SMILES string of the molecule is Cc1[c]nn(CCF)[c]1. The van der Waals surface area contributed by atoms with Crippen LogP contribution in [0.4, 0.5) is 4.39 Å². The van der Waals surface area contributed by atoms with E-state index in [1.165, 1.54) is 4.68 Å². The van der Waals surface area contributed by atoms with Crippen LogP contribution in [0.15, 0.2) is 0 Å². The number of nitrogens with zero attached hydrogens (tertiary/aromatic N) is 2. The molecule has 9 heavy (non-hydrogen) atoms. The minimum Gasteiger partial charge on any atom is -0.260 e. The molecule has 2 radical (unpaired) electrons. The highest BCUT2D eigenvalue weighted by Gasteiger charge is 1.92. The smallest absolute Gasteiger partial charge is 0.116 e. The van der Waals surface area contributed by atoms with Gasteiger partial charge in [-0.3, -0.25) is 4.68 Å². The highest BCUT2D eigenvalue weighted by atomic mass is 19.1. The van der Waals surface area contributed by atoms with E-state index in [4.69, 9.17) is 0 Å². The van der Waals surface area contributed by atoms with Gasteiger partial charge in [0.2, 0.25) is 0 Å². The maximum atomic E-state index is 11.6. The van der Waals surface area contributed by atoms with Crippen LogP contribution in [0.1, 0.15) is 5.56 Å². The average molecular weight is 126 g/mol. The van der Waals surface area contributed by atoms with Crippen LogP contribution < -0.4 is 0 Å². The van der Waals surface area contributed by atoms with Gasteiger partial charge in [-0.1, -0.05) is 0 Å². The second kappa shape index (κ2) is 2.62. The minimum absolute atomic E-state index is 0.282. The highest BCUT2D eigenvalue weighted by Crippen LogP contribution is 1.90. The molecule has 0 bridgehead atoms. The third-order valence-corrected chi connectivity index (χ3v) is 0.931. The summed E-state index contributed by atoms with van der Waals surface area (Å²) >= 11 is 0. The zero-order chi connectivity index (χ0) is 6.69. The van der Waals surface area contributed by atoms with Crippen LogP contribution in [-0.2, 0) is 6.54 Å². The Morgan fingerprint density at radius 2 is 2.56 bits per heavy atom. The first-order valence-electron chi connectivity index (χ1n) is 2.73. The molecule has 1 aromatic heterocycles. The fourth-order valence-corrected chi connectivity index (χ4v) is 0.565. The van der Waals surface area contributed by atoms with Gasteiger partial charge in [-0.2, -0.15) is 5.10 Å². The lowest BCUT2D eigenvalue weighted by molar-refractivity contribution is 0.425. The Kier molecular flexibility index (Phi) is 1.82. The van der Waals surface area contributed by atoms with Crippen LogP contribution >= 0.6 is 0 Å². The third-order valence-electron chi connectivity index (χ3n) is 0.931. The fourth-order valence-electron chi connectivity index (χ4n) is 0.565. The van der Waals surface area contributed by atoms with Gasteiger partial charge in [0.05, 0.1) is 12.7 Å². The van der Waals surface area contributed by atoms with Gasteiger partial charge in [0.15, 0.2) is 0 Å². The summed E-state index contributed by atoms with van der Waals surface area (Å²) in [6.07, 6.45) is 5.43. The molecule has 0 aromatic carbocycles. The van der Waals surface area contributed by atoms with Crippen molar-refractivity contribution in [3.8, 4) is 0 Å². The van der Waals surface area contributed by atoms with E-state index in [1.807, 2.05) is 6.92 Å². The summed E-state index contributed by atoms with van der Waals surface area (Å²) < 4.78 is 13.0. The summed E-state index contributed by atoms with van der Waals surface area (Å²) in [5.74, 6) is 0. The Morgan fingerprint density at radius 1 is 1.78 bits per heavy atom. The van der Waals surface area contributed by atoms with Crippen molar-refractivity contribution in [2.45, 2.75) is 13.5 Å². The molecule has 0 aliphatic carbocycles. The quantitative estimate of drug-likeness (QED) is 0.572. The van der Waals surface area contributed by atoms with Crippen molar-refractivity contribution >= 4 is 0 Å². The van der Waals surface area contributed by atoms with Crippen LogP contribution in [0.25, 0.3) is 0 Å². The Morgan fingerprint density at radius 3 is 3.00 bits per heavy atom. The molecule has 0 aliphatic rings. The number of hydrogen-bond acceptors (Lipinski definition) is 1. The summed E-state index contributed by atoms with van der Waals surface area (Å²) in [6, 6.07) is 0. The van der Waals surface area contributed by atoms with Gasteiger partial charge in [0, 0.05) is 5.56 Å². The summed E-state index contributed by atoms with van der Waals surface area (Å²) in [5, 5.41) is 3.70. The van der Waals surface area contributed by atoms with Gasteiger partial charge >= 0.3 is 0 Å². The average Bonchev–Trinajstić information content (AvgIpc) is 2.17. The molecule has 0 fully saturated rings. The van der Waals surface area contributed by atoms with Crippen molar-refractivity contribution in [2.24, 2.45) is 0 Å². The normalized spacial score (nSPS) is 10.0. The lowest BCUT2D eigenvalue weighted by Crippen LogP contribution is -1.99. The molecule has 1 heterocycles. The molecule has 0 saturated heterocycles. The van der Waals surface area contributed by atoms with E-state index in [-0.39, 0.29) is 6.54 Å². The van der Waals surface area contributed by atoms with Crippen molar-refractivity contribution in [1.82, 2.24) is 9.78 Å². The summed E-state index contributed by atoms with van der Waals surface area (Å²) in [7, 11) is 0. The van der Waals surface area contributed by atoms with Gasteiger partial charge < -0.3 is 0 Å².